The molecule has 0 unspecified atom stereocenters. The lowest BCUT2D eigenvalue weighted by Crippen LogP contribution is -2.55. The average Bonchev–Trinajstić information content (AvgIpc) is 2.80. The lowest BCUT2D eigenvalue weighted by atomic mass is 9.76. The van der Waals surface area contributed by atoms with E-state index in [1.165, 1.54) is 18.4 Å². The van der Waals surface area contributed by atoms with E-state index in [1.54, 1.807) is 12.1 Å². The highest BCUT2D eigenvalue weighted by molar-refractivity contribution is 6.31. The van der Waals surface area contributed by atoms with E-state index in [4.69, 9.17) is 16.3 Å². The highest BCUT2D eigenvalue weighted by Gasteiger charge is 2.44. The van der Waals surface area contributed by atoms with Crippen LogP contribution in [0, 0.1) is 5.92 Å². The van der Waals surface area contributed by atoms with Gasteiger partial charge in [-0.2, -0.15) is 0 Å². The van der Waals surface area contributed by atoms with Crippen LogP contribution in [0.25, 0.3) is 0 Å². The molecule has 5 nitrogen and oxygen atoms in total. The molecule has 4 rings (SSSR count). The van der Waals surface area contributed by atoms with Crippen LogP contribution in [0.2, 0.25) is 5.02 Å². The van der Waals surface area contributed by atoms with Gasteiger partial charge in [0, 0.05) is 5.02 Å². The summed E-state index contributed by atoms with van der Waals surface area (Å²) in [6.07, 6.45) is -0.320. The van der Waals surface area contributed by atoms with Crippen LogP contribution in [0.3, 0.4) is 0 Å². The summed E-state index contributed by atoms with van der Waals surface area (Å²) in [5.74, 6) is 1.16. The second-order valence-corrected chi connectivity index (χ2v) is 9.34. The Morgan fingerprint density at radius 3 is 2.23 bits per heavy atom. The minimum Gasteiger partial charge on any atom is -0.394 e. The van der Waals surface area contributed by atoms with Crippen molar-refractivity contribution < 1.29 is 25.2 Å². The van der Waals surface area contributed by atoms with Gasteiger partial charge in [0.2, 0.25) is 0 Å². The summed E-state index contributed by atoms with van der Waals surface area (Å²) >= 11 is 6.49. The number of halogens is 1. The third-order valence-corrected chi connectivity index (χ3v) is 7.29. The van der Waals surface area contributed by atoms with E-state index in [0.29, 0.717) is 22.4 Å². The Morgan fingerprint density at radius 1 is 0.839 bits per heavy atom. The van der Waals surface area contributed by atoms with Crippen molar-refractivity contribution in [2.75, 3.05) is 6.61 Å². The smallest absolute Gasteiger partial charge is 0.113 e. The third kappa shape index (κ3) is 4.98. The maximum atomic E-state index is 10.4. The number of hydrogen-bond donors (Lipinski definition) is 4. The zero-order valence-electron chi connectivity index (χ0n) is 17.5. The molecule has 1 saturated carbocycles. The SMILES string of the molecule is OC[C@H]1O[C@@H](c2ccc(Cl)c(CC3CCC(c4ccccc4)CC3)c2)[C@H](O)[C@@H](O)[C@@H]1O. The van der Waals surface area contributed by atoms with Crippen molar-refractivity contribution in [3.8, 4) is 0 Å². The fourth-order valence-corrected chi connectivity index (χ4v) is 5.24. The van der Waals surface area contributed by atoms with Crippen molar-refractivity contribution in [2.24, 2.45) is 5.92 Å². The molecule has 0 bridgehead atoms. The van der Waals surface area contributed by atoms with Gasteiger partial charge in [0.1, 0.15) is 30.5 Å². The number of rotatable bonds is 5. The summed E-state index contributed by atoms with van der Waals surface area (Å²) < 4.78 is 5.71. The molecule has 168 valence electrons. The van der Waals surface area contributed by atoms with Crippen LogP contribution in [0.4, 0.5) is 0 Å². The first-order valence-electron chi connectivity index (χ1n) is 11.1. The normalized spacial score (nSPS) is 33.9. The molecule has 0 radical (unpaired) electrons. The molecule has 0 aromatic heterocycles. The first-order chi connectivity index (χ1) is 15.0. The van der Waals surface area contributed by atoms with Crippen LogP contribution in [0.1, 0.15) is 54.4 Å². The number of benzene rings is 2. The second kappa shape index (κ2) is 9.99. The van der Waals surface area contributed by atoms with E-state index in [-0.39, 0.29) is 0 Å². The number of ether oxygens (including phenoxy) is 1. The van der Waals surface area contributed by atoms with Crippen LogP contribution in [0.15, 0.2) is 48.5 Å². The summed E-state index contributed by atoms with van der Waals surface area (Å²) in [7, 11) is 0. The molecule has 5 atom stereocenters. The fourth-order valence-electron chi connectivity index (χ4n) is 5.04. The van der Waals surface area contributed by atoms with Gasteiger partial charge in [-0.05, 0) is 66.7 Å². The van der Waals surface area contributed by atoms with Crippen LogP contribution in [-0.4, -0.2) is 51.4 Å². The predicted octanol–water partition coefficient (Wildman–Crippen LogP) is 3.37. The Hall–Kier alpha value is -1.47. The Labute approximate surface area is 188 Å². The molecule has 2 aromatic rings. The van der Waals surface area contributed by atoms with Crippen molar-refractivity contribution in [2.45, 2.75) is 68.5 Å². The summed E-state index contributed by atoms with van der Waals surface area (Å²) in [6.45, 7) is -0.438. The average molecular weight is 447 g/mol. The van der Waals surface area contributed by atoms with E-state index in [1.807, 2.05) is 6.07 Å². The molecule has 2 aromatic carbocycles. The van der Waals surface area contributed by atoms with E-state index in [2.05, 4.69) is 30.3 Å². The first-order valence-corrected chi connectivity index (χ1v) is 11.5. The Morgan fingerprint density at radius 2 is 1.55 bits per heavy atom. The standard InChI is InChI=1S/C25H31ClO5/c26-20-11-10-18(25-24(30)23(29)22(28)21(14-27)31-25)13-19(20)12-15-6-8-17(9-7-15)16-4-2-1-3-5-16/h1-5,10-11,13,15,17,21-25,27-30H,6-9,12,14H2/t15?,17?,21-,22-,23+,24-,25+/m1/s1. The molecule has 2 aliphatic rings. The van der Waals surface area contributed by atoms with Crippen molar-refractivity contribution in [1.29, 1.82) is 0 Å². The molecule has 0 amide bonds. The fraction of sp³-hybridized carbons (Fsp3) is 0.520. The summed E-state index contributed by atoms with van der Waals surface area (Å²) in [4.78, 5) is 0. The van der Waals surface area contributed by atoms with Crippen LogP contribution in [0.5, 0.6) is 0 Å². The van der Waals surface area contributed by atoms with Gasteiger partial charge >= 0.3 is 0 Å². The second-order valence-electron chi connectivity index (χ2n) is 8.93. The highest BCUT2D eigenvalue weighted by atomic mass is 35.5. The van der Waals surface area contributed by atoms with Crippen molar-refractivity contribution >= 4 is 11.6 Å². The van der Waals surface area contributed by atoms with Crippen LogP contribution < -0.4 is 0 Å². The van der Waals surface area contributed by atoms with Crippen molar-refractivity contribution in [3.63, 3.8) is 0 Å². The van der Waals surface area contributed by atoms with Gasteiger partial charge in [-0.15, -0.1) is 0 Å². The van der Waals surface area contributed by atoms with E-state index >= 15 is 0 Å². The van der Waals surface area contributed by atoms with Gasteiger partial charge in [-0.1, -0.05) is 54.1 Å². The minimum absolute atomic E-state index is 0.438. The van der Waals surface area contributed by atoms with Gasteiger partial charge in [0.05, 0.1) is 6.61 Å². The Bertz CT molecular complexity index is 850. The molecule has 1 saturated heterocycles. The van der Waals surface area contributed by atoms with Crippen molar-refractivity contribution in [1.82, 2.24) is 0 Å². The number of hydrogen-bond acceptors (Lipinski definition) is 5. The quantitative estimate of drug-likeness (QED) is 0.565. The molecule has 6 heteroatoms. The maximum absolute atomic E-state index is 10.4. The van der Waals surface area contributed by atoms with Crippen LogP contribution in [-0.2, 0) is 11.2 Å². The van der Waals surface area contributed by atoms with Gasteiger partial charge in [0.15, 0.2) is 0 Å². The Kier molecular flexibility index (Phi) is 7.32. The van der Waals surface area contributed by atoms with E-state index in [9.17, 15) is 20.4 Å². The monoisotopic (exact) mass is 446 g/mol. The molecular weight excluding hydrogens is 416 g/mol. The van der Waals surface area contributed by atoms with E-state index in [0.717, 1.165) is 24.8 Å². The molecule has 31 heavy (non-hydrogen) atoms. The first kappa shape index (κ1) is 22.7. The zero-order chi connectivity index (χ0) is 22.0. The van der Waals surface area contributed by atoms with E-state index < -0.39 is 37.1 Å². The topological polar surface area (TPSA) is 90.2 Å². The van der Waals surface area contributed by atoms with Gasteiger partial charge in [-0.3, -0.25) is 0 Å². The lowest BCUT2D eigenvalue weighted by Gasteiger charge is -2.40. The summed E-state index contributed by atoms with van der Waals surface area (Å²) in [6, 6.07) is 16.2. The molecule has 4 N–H and O–H groups in total. The zero-order valence-corrected chi connectivity index (χ0v) is 18.2. The lowest BCUT2D eigenvalue weighted by molar-refractivity contribution is -0.231. The van der Waals surface area contributed by atoms with Gasteiger partial charge < -0.3 is 25.2 Å². The van der Waals surface area contributed by atoms with Gasteiger partial charge in [0.25, 0.3) is 0 Å². The molecule has 2 fully saturated rings. The molecule has 1 heterocycles. The maximum Gasteiger partial charge on any atom is 0.113 e. The largest absolute Gasteiger partial charge is 0.394 e. The van der Waals surface area contributed by atoms with Gasteiger partial charge in [-0.25, -0.2) is 0 Å². The molecule has 0 spiro atoms. The molecular formula is C25H31ClO5. The summed E-state index contributed by atoms with van der Waals surface area (Å²) in [5, 5.41) is 40.7. The minimum atomic E-state index is -1.39. The number of aliphatic hydroxyl groups excluding tert-OH is 4. The van der Waals surface area contributed by atoms with Crippen molar-refractivity contribution in [3.05, 3.63) is 70.2 Å². The molecule has 1 aliphatic carbocycles. The number of aliphatic hydroxyl groups is 4. The summed E-state index contributed by atoms with van der Waals surface area (Å²) in [5.41, 5.74) is 3.11. The highest BCUT2D eigenvalue weighted by Crippen LogP contribution is 2.39. The Balaban J connectivity index is 1.44. The van der Waals surface area contributed by atoms with Crippen LogP contribution >= 0.6 is 11.6 Å². The third-order valence-electron chi connectivity index (χ3n) is 6.92. The predicted molar refractivity (Wildman–Crippen MR) is 119 cm³/mol. The molecule has 1 aliphatic heterocycles.